The number of aliphatic hydroxyl groups is 1. The lowest BCUT2D eigenvalue weighted by Gasteiger charge is -2.71. The zero-order valence-corrected chi connectivity index (χ0v) is 10.7. The van der Waals surface area contributed by atoms with E-state index in [1.54, 1.807) is 0 Å². The van der Waals surface area contributed by atoms with Crippen LogP contribution in [0.15, 0.2) is 12.2 Å². The van der Waals surface area contributed by atoms with Crippen molar-refractivity contribution in [2.75, 3.05) is 0 Å². The largest absolute Gasteiger partial charge is 0.389 e. The van der Waals surface area contributed by atoms with Crippen molar-refractivity contribution in [1.29, 1.82) is 0 Å². The van der Waals surface area contributed by atoms with E-state index in [0.29, 0.717) is 11.3 Å². The Bertz CT molecular complexity index is 332. The second-order valence-electron chi connectivity index (χ2n) is 6.94. The summed E-state index contributed by atoms with van der Waals surface area (Å²) in [7, 11) is 0. The summed E-state index contributed by atoms with van der Waals surface area (Å²) >= 11 is 0. The van der Waals surface area contributed by atoms with Gasteiger partial charge < -0.3 is 5.11 Å². The third-order valence-electron chi connectivity index (χ3n) is 6.08. The van der Waals surface area contributed by atoms with Gasteiger partial charge in [0.1, 0.15) is 0 Å². The average Bonchev–Trinajstić information content (AvgIpc) is 2.22. The molecule has 4 bridgehead atoms. The van der Waals surface area contributed by atoms with Gasteiger partial charge in [-0.3, -0.25) is 0 Å². The van der Waals surface area contributed by atoms with Gasteiger partial charge >= 0.3 is 0 Å². The summed E-state index contributed by atoms with van der Waals surface area (Å²) in [5.74, 6) is 3.92. The number of fused-ring (bicyclic) bond motifs is 1. The smallest absolute Gasteiger partial charge is 0.0753 e. The van der Waals surface area contributed by atoms with Crippen LogP contribution in [0.3, 0.4) is 0 Å². The summed E-state index contributed by atoms with van der Waals surface area (Å²) in [5, 5.41) is 9.97. The van der Waals surface area contributed by atoms with E-state index in [1.807, 2.05) is 0 Å². The van der Waals surface area contributed by atoms with Crippen LogP contribution in [0, 0.1) is 35.0 Å². The van der Waals surface area contributed by atoms with Gasteiger partial charge in [0.2, 0.25) is 0 Å². The van der Waals surface area contributed by atoms with Gasteiger partial charge in [-0.2, -0.15) is 0 Å². The van der Waals surface area contributed by atoms with Gasteiger partial charge in [0.15, 0.2) is 0 Å². The molecule has 4 unspecified atom stereocenters. The summed E-state index contributed by atoms with van der Waals surface area (Å²) in [5.41, 5.74) is 1.65. The van der Waals surface area contributed by atoms with Crippen LogP contribution in [-0.2, 0) is 0 Å². The summed E-state index contributed by atoms with van der Waals surface area (Å²) in [6, 6.07) is 0. The van der Waals surface area contributed by atoms with Crippen molar-refractivity contribution < 1.29 is 5.11 Å². The zero-order chi connectivity index (χ0) is 11.7. The van der Waals surface area contributed by atoms with Gasteiger partial charge in [-0.15, -0.1) is 0 Å². The van der Waals surface area contributed by atoms with Crippen molar-refractivity contribution >= 4 is 0 Å². The SMILES string of the molecule is C=C1C2C3C(C[C@H]1O)C2(C)CC[C@@H]3C(C)C. The standard InChI is InChI=1S/C15H24O/c1-8(2)10-5-6-15(4)11-7-12(16)9(3)14(15)13(10)11/h8,10-14,16H,3,5-7H2,1-2,4H3/t10-,11?,12-,13?,14?,15?/m1/s1. The fourth-order valence-electron chi connectivity index (χ4n) is 5.25. The van der Waals surface area contributed by atoms with Crippen LogP contribution < -0.4 is 0 Å². The molecule has 6 atom stereocenters. The maximum atomic E-state index is 9.97. The zero-order valence-electron chi connectivity index (χ0n) is 10.7. The minimum Gasteiger partial charge on any atom is -0.389 e. The van der Waals surface area contributed by atoms with Crippen LogP contribution in [0.2, 0.25) is 0 Å². The van der Waals surface area contributed by atoms with Crippen molar-refractivity contribution in [3.63, 3.8) is 0 Å². The highest BCUT2D eigenvalue weighted by Crippen LogP contribution is 2.72. The Morgan fingerprint density at radius 2 is 2.12 bits per heavy atom. The first kappa shape index (κ1) is 10.8. The van der Waals surface area contributed by atoms with Crippen molar-refractivity contribution in [2.45, 2.75) is 46.1 Å². The predicted octanol–water partition coefficient (Wildman–Crippen LogP) is 3.24. The van der Waals surface area contributed by atoms with Gasteiger partial charge in [-0.1, -0.05) is 27.4 Å². The Kier molecular flexibility index (Phi) is 2.12. The van der Waals surface area contributed by atoms with E-state index < -0.39 is 0 Å². The second kappa shape index (κ2) is 3.13. The lowest BCUT2D eigenvalue weighted by atomic mass is 9.33. The molecule has 0 radical (unpaired) electrons. The molecule has 90 valence electrons. The van der Waals surface area contributed by atoms with Crippen molar-refractivity contribution in [2.24, 2.45) is 35.0 Å². The molecule has 3 rings (SSSR count). The molecule has 3 aliphatic carbocycles. The van der Waals surface area contributed by atoms with E-state index in [4.69, 9.17) is 0 Å². The molecule has 0 aromatic heterocycles. The Balaban J connectivity index is 1.93. The molecular formula is C15H24O. The van der Waals surface area contributed by atoms with Crippen molar-refractivity contribution in [3.05, 3.63) is 12.2 Å². The number of rotatable bonds is 1. The van der Waals surface area contributed by atoms with Crippen LogP contribution >= 0.6 is 0 Å². The first-order valence-corrected chi connectivity index (χ1v) is 6.83. The van der Waals surface area contributed by atoms with E-state index in [2.05, 4.69) is 27.4 Å². The van der Waals surface area contributed by atoms with E-state index >= 15 is 0 Å². The maximum Gasteiger partial charge on any atom is 0.0753 e. The molecule has 3 aliphatic rings. The molecule has 0 amide bonds. The number of hydrogen-bond donors (Lipinski definition) is 1. The third-order valence-corrected chi connectivity index (χ3v) is 6.08. The average molecular weight is 220 g/mol. The fraction of sp³-hybridized carbons (Fsp3) is 0.867. The van der Waals surface area contributed by atoms with Crippen LogP contribution in [0.1, 0.15) is 40.0 Å². The highest BCUT2D eigenvalue weighted by Gasteiger charge is 2.67. The predicted molar refractivity (Wildman–Crippen MR) is 65.9 cm³/mol. The molecule has 1 N–H and O–H groups in total. The molecule has 1 heteroatoms. The Hall–Kier alpha value is -0.300. The minimum atomic E-state index is -0.203. The van der Waals surface area contributed by atoms with Crippen LogP contribution in [0.4, 0.5) is 0 Å². The summed E-state index contributed by atoms with van der Waals surface area (Å²) < 4.78 is 0. The highest BCUT2D eigenvalue weighted by molar-refractivity contribution is 5.29. The van der Waals surface area contributed by atoms with Gasteiger partial charge in [0.25, 0.3) is 0 Å². The molecule has 0 heterocycles. The third kappa shape index (κ3) is 1.06. The monoisotopic (exact) mass is 220 g/mol. The molecular weight excluding hydrogens is 196 g/mol. The summed E-state index contributed by atoms with van der Waals surface area (Å²) in [6.45, 7) is 11.3. The first-order chi connectivity index (χ1) is 7.47. The Labute approximate surface area is 98.9 Å². The highest BCUT2D eigenvalue weighted by atomic mass is 16.3. The van der Waals surface area contributed by atoms with Gasteiger partial charge in [-0.05, 0) is 59.8 Å². The molecule has 3 fully saturated rings. The summed E-state index contributed by atoms with van der Waals surface area (Å²) in [6.07, 6.45) is 3.53. The molecule has 0 aromatic rings. The molecule has 0 aromatic carbocycles. The van der Waals surface area contributed by atoms with Crippen LogP contribution in [0.5, 0.6) is 0 Å². The lowest BCUT2D eigenvalue weighted by molar-refractivity contribution is -0.211. The Morgan fingerprint density at radius 1 is 1.44 bits per heavy atom. The van der Waals surface area contributed by atoms with E-state index in [9.17, 15) is 5.11 Å². The van der Waals surface area contributed by atoms with Gasteiger partial charge in [0, 0.05) is 0 Å². The normalized spacial score (nSPS) is 55.1. The number of hydrogen-bond acceptors (Lipinski definition) is 1. The molecule has 1 nitrogen and oxygen atoms in total. The van der Waals surface area contributed by atoms with E-state index in [-0.39, 0.29) is 6.10 Å². The second-order valence-corrected chi connectivity index (χ2v) is 6.94. The van der Waals surface area contributed by atoms with E-state index in [0.717, 1.165) is 35.7 Å². The van der Waals surface area contributed by atoms with Crippen LogP contribution in [-0.4, -0.2) is 11.2 Å². The quantitative estimate of drug-likeness (QED) is 0.673. The first-order valence-electron chi connectivity index (χ1n) is 6.83. The van der Waals surface area contributed by atoms with Crippen molar-refractivity contribution in [1.82, 2.24) is 0 Å². The number of aliphatic hydroxyl groups excluding tert-OH is 1. The Morgan fingerprint density at radius 3 is 2.69 bits per heavy atom. The van der Waals surface area contributed by atoms with Crippen LogP contribution in [0.25, 0.3) is 0 Å². The van der Waals surface area contributed by atoms with Crippen molar-refractivity contribution in [3.8, 4) is 0 Å². The van der Waals surface area contributed by atoms with Gasteiger partial charge in [-0.25, -0.2) is 0 Å². The fourth-order valence-corrected chi connectivity index (χ4v) is 5.25. The summed E-state index contributed by atoms with van der Waals surface area (Å²) in [4.78, 5) is 0. The maximum absolute atomic E-state index is 9.97. The molecule has 0 saturated heterocycles. The lowest BCUT2D eigenvalue weighted by Crippen LogP contribution is -2.67. The van der Waals surface area contributed by atoms with E-state index in [1.165, 1.54) is 12.8 Å². The molecule has 0 aliphatic heterocycles. The molecule has 3 saturated carbocycles. The molecule has 16 heavy (non-hydrogen) atoms. The minimum absolute atomic E-state index is 0.203. The topological polar surface area (TPSA) is 20.2 Å². The van der Waals surface area contributed by atoms with Gasteiger partial charge in [0.05, 0.1) is 6.10 Å². The molecule has 0 spiro atoms.